The molecule has 2 amide bonds. The number of thioether (sulfide) groups is 1. The molecule has 4 aliphatic heterocycles. The lowest BCUT2D eigenvalue weighted by molar-refractivity contribution is -0.154. The Morgan fingerprint density at radius 2 is 2.00 bits per heavy atom. The van der Waals surface area contributed by atoms with Crippen LogP contribution in [0.5, 0.6) is 0 Å². The molecule has 4 saturated heterocycles. The largest absolute Gasteiger partial charge is 0.461 e. The van der Waals surface area contributed by atoms with Gasteiger partial charge < -0.3 is 24.4 Å². The van der Waals surface area contributed by atoms with Crippen LogP contribution in [0.2, 0.25) is 0 Å². The quantitative estimate of drug-likeness (QED) is 0.320. The molecular weight excluding hydrogens is 470 g/mol. The van der Waals surface area contributed by atoms with Crippen LogP contribution in [-0.2, 0) is 23.9 Å². The van der Waals surface area contributed by atoms with Gasteiger partial charge >= 0.3 is 5.97 Å². The molecular formula is C25H37N3O6S. The minimum absolute atomic E-state index is 0.0601. The molecule has 1 N–H and O–H groups in total. The van der Waals surface area contributed by atoms with Gasteiger partial charge in [-0.1, -0.05) is 18.7 Å². The lowest BCUT2D eigenvalue weighted by Gasteiger charge is -2.38. The molecule has 1 spiro atoms. The van der Waals surface area contributed by atoms with Gasteiger partial charge in [0.1, 0.15) is 12.6 Å². The summed E-state index contributed by atoms with van der Waals surface area (Å²) in [5, 5.41) is 9.77. The highest BCUT2D eigenvalue weighted by molar-refractivity contribution is 8.02. The smallest absolute Gasteiger partial charge is 0.311 e. The van der Waals surface area contributed by atoms with Crippen molar-refractivity contribution < 1.29 is 29.0 Å². The molecule has 0 saturated carbocycles. The van der Waals surface area contributed by atoms with Crippen LogP contribution in [-0.4, -0.2) is 119 Å². The van der Waals surface area contributed by atoms with Crippen LogP contribution in [0, 0.1) is 11.8 Å². The number of carbonyl (C=O) groups excluding carboxylic acids is 3. The Balaban J connectivity index is 1.62. The van der Waals surface area contributed by atoms with Crippen LogP contribution in [0.3, 0.4) is 0 Å². The minimum Gasteiger partial charge on any atom is -0.461 e. The Hall–Kier alpha value is -1.88. The van der Waals surface area contributed by atoms with E-state index in [9.17, 15) is 19.5 Å². The average molecular weight is 508 g/mol. The van der Waals surface area contributed by atoms with Crippen molar-refractivity contribution in [2.45, 2.75) is 35.3 Å². The van der Waals surface area contributed by atoms with E-state index in [2.05, 4.69) is 18.1 Å². The molecule has 194 valence electrons. The number of amides is 2. The molecule has 4 rings (SSSR count). The highest BCUT2D eigenvalue weighted by Crippen LogP contribution is 2.71. The van der Waals surface area contributed by atoms with Gasteiger partial charge in [-0.25, -0.2) is 0 Å². The van der Waals surface area contributed by atoms with Crippen molar-refractivity contribution in [3.63, 3.8) is 0 Å². The molecule has 4 aliphatic rings. The van der Waals surface area contributed by atoms with Crippen molar-refractivity contribution in [3.8, 4) is 0 Å². The number of β-amino-alcohol motifs (C(OH)–C–C–N with tert-alkyl or cyclic N) is 1. The zero-order valence-electron chi connectivity index (χ0n) is 20.5. The van der Waals surface area contributed by atoms with Crippen molar-refractivity contribution in [2.75, 3.05) is 65.7 Å². The van der Waals surface area contributed by atoms with Crippen LogP contribution < -0.4 is 0 Å². The van der Waals surface area contributed by atoms with Gasteiger partial charge in [0.25, 0.3) is 0 Å². The van der Waals surface area contributed by atoms with Gasteiger partial charge in [-0.2, -0.15) is 0 Å². The molecule has 0 aromatic carbocycles. The van der Waals surface area contributed by atoms with Crippen molar-refractivity contribution in [1.29, 1.82) is 0 Å². The number of fused-ring (bicyclic) bond motifs is 1. The molecule has 10 heteroatoms. The van der Waals surface area contributed by atoms with Gasteiger partial charge in [0, 0.05) is 44.0 Å². The lowest BCUT2D eigenvalue weighted by Crippen LogP contribution is -2.56. The number of ether oxygens (including phenoxy) is 2. The van der Waals surface area contributed by atoms with Crippen molar-refractivity contribution in [3.05, 3.63) is 25.3 Å². The highest BCUT2D eigenvalue weighted by atomic mass is 32.2. The number of rotatable bonds is 11. The van der Waals surface area contributed by atoms with E-state index < -0.39 is 33.3 Å². The van der Waals surface area contributed by atoms with Gasteiger partial charge in [-0.15, -0.1) is 18.3 Å². The van der Waals surface area contributed by atoms with Crippen LogP contribution in [0.15, 0.2) is 25.3 Å². The number of likely N-dealkylation sites (tertiary alicyclic amines) is 1. The van der Waals surface area contributed by atoms with E-state index in [1.807, 2.05) is 6.92 Å². The molecule has 4 heterocycles. The van der Waals surface area contributed by atoms with Gasteiger partial charge in [0.05, 0.1) is 36.4 Å². The first-order valence-corrected chi connectivity index (χ1v) is 13.2. The second kappa shape index (κ2) is 10.6. The lowest BCUT2D eigenvalue weighted by atomic mass is 9.66. The number of hydrogen-bond donors (Lipinski definition) is 1. The fraction of sp³-hybridized carbons (Fsp3) is 0.720. The third kappa shape index (κ3) is 4.54. The first-order valence-electron chi connectivity index (χ1n) is 12.4. The number of nitrogens with zero attached hydrogens (tertiary/aromatic N) is 3. The first-order chi connectivity index (χ1) is 16.8. The molecule has 5 atom stereocenters. The van der Waals surface area contributed by atoms with E-state index in [1.54, 1.807) is 22.7 Å². The van der Waals surface area contributed by atoms with E-state index in [0.717, 1.165) is 19.5 Å². The fourth-order valence-corrected chi connectivity index (χ4v) is 8.69. The summed E-state index contributed by atoms with van der Waals surface area (Å²) in [6.07, 6.45) is 4.61. The third-order valence-electron chi connectivity index (χ3n) is 7.90. The van der Waals surface area contributed by atoms with E-state index in [1.165, 1.54) is 11.0 Å². The predicted octanol–water partition coefficient (Wildman–Crippen LogP) is 0.536. The molecule has 2 bridgehead atoms. The maximum Gasteiger partial charge on any atom is 0.311 e. The Bertz CT molecular complexity index is 864. The van der Waals surface area contributed by atoms with E-state index in [-0.39, 0.29) is 31.6 Å². The van der Waals surface area contributed by atoms with Gasteiger partial charge in [0.15, 0.2) is 0 Å². The van der Waals surface area contributed by atoms with Gasteiger partial charge in [0.2, 0.25) is 11.8 Å². The first kappa shape index (κ1) is 26.2. The Morgan fingerprint density at radius 1 is 1.26 bits per heavy atom. The zero-order chi connectivity index (χ0) is 25.2. The average Bonchev–Trinajstić information content (AvgIpc) is 3.42. The molecule has 0 aromatic rings. The number of aliphatic hydroxyl groups excluding tert-OH is 1. The molecule has 0 aromatic heterocycles. The fourth-order valence-electron chi connectivity index (χ4n) is 6.35. The third-order valence-corrected chi connectivity index (χ3v) is 9.89. The maximum atomic E-state index is 14.1. The maximum absolute atomic E-state index is 14.1. The normalized spacial score (nSPS) is 34.1. The summed E-state index contributed by atoms with van der Waals surface area (Å²) in [6.45, 7) is 14.0. The molecule has 0 aliphatic carbocycles. The Morgan fingerprint density at radius 3 is 2.66 bits per heavy atom. The highest BCUT2D eigenvalue weighted by Gasteiger charge is 2.77. The van der Waals surface area contributed by atoms with Crippen molar-refractivity contribution in [2.24, 2.45) is 11.8 Å². The topological polar surface area (TPSA) is 99.6 Å². The number of carbonyl (C=O) groups is 3. The van der Waals surface area contributed by atoms with E-state index in [0.29, 0.717) is 39.3 Å². The van der Waals surface area contributed by atoms with Crippen molar-refractivity contribution >= 4 is 29.5 Å². The number of esters is 1. The monoisotopic (exact) mass is 507 g/mol. The van der Waals surface area contributed by atoms with Gasteiger partial charge in [-0.3, -0.25) is 19.3 Å². The van der Waals surface area contributed by atoms with E-state index in [4.69, 9.17) is 9.47 Å². The van der Waals surface area contributed by atoms with Crippen LogP contribution in [0.4, 0.5) is 0 Å². The summed E-state index contributed by atoms with van der Waals surface area (Å²) in [5.74, 6) is -2.06. The Kier molecular flexibility index (Phi) is 7.95. The van der Waals surface area contributed by atoms with Crippen LogP contribution in [0.1, 0.15) is 19.8 Å². The standard InChI is InChI=1S/C25H37N3O6S/c1-4-8-27(10-9-26-12-16-33-17-13-26)22(31)20-25-7-6-24(3,35-25)19(23(32)34-15-5-2)18(25)21(30)28(20)11-14-29/h4-5,18-20,29H,1-2,6-17H2,3H3/t18-,19+,20?,24-,25?/m0/s1. The van der Waals surface area contributed by atoms with Gasteiger partial charge in [-0.05, 0) is 19.8 Å². The molecule has 4 fully saturated rings. The zero-order valence-corrected chi connectivity index (χ0v) is 21.3. The predicted molar refractivity (Wildman–Crippen MR) is 133 cm³/mol. The molecule has 9 nitrogen and oxygen atoms in total. The summed E-state index contributed by atoms with van der Waals surface area (Å²) in [7, 11) is 0. The molecule has 35 heavy (non-hydrogen) atoms. The second-order valence-electron chi connectivity index (χ2n) is 9.93. The number of morpholine rings is 1. The minimum atomic E-state index is -0.735. The summed E-state index contributed by atoms with van der Waals surface area (Å²) in [6, 6.07) is -0.735. The molecule has 0 radical (unpaired) electrons. The Labute approximate surface area is 211 Å². The second-order valence-corrected chi connectivity index (χ2v) is 11.8. The van der Waals surface area contributed by atoms with Crippen molar-refractivity contribution in [1.82, 2.24) is 14.7 Å². The van der Waals surface area contributed by atoms with Crippen LogP contribution in [0.25, 0.3) is 0 Å². The number of hydrogen-bond acceptors (Lipinski definition) is 8. The molecule has 2 unspecified atom stereocenters. The summed E-state index contributed by atoms with van der Waals surface area (Å²) in [4.78, 5) is 46.5. The summed E-state index contributed by atoms with van der Waals surface area (Å²) >= 11 is 1.60. The number of aliphatic hydroxyl groups is 1. The summed E-state index contributed by atoms with van der Waals surface area (Å²) < 4.78 is 9.65. The van der Waals surface area contributed by atoms with Crippen LogP contribution >= 0.6 is 11.8 Å². The van der Waals surface area contributed by atoms with E-state index >= 15 is 0 Å². The SMILES string of the molecule is C=CCOC(=O)[C@H]1[C@H]2C(=O)N(CCO)C(C(=O)N(CC=C)CCN3CCOCC3)C23CC[C@]1(C)S3. The summed E-state index contributed by atoms with van der Waals surface area (Å²) in [5.41, 5.74) is 0.